The van der Waals surface area contributed by atoms with E-state index in [9.17, 15) is 0 Å². The minimum absolute atomic E-state index is 0.582. The molecule has 2 aromatic carbocycles. The van der Waals surface area contributed by atoms with Crippen molar-refractivity contribution in [3.05, 3.63) is 48.0 Å². The van der Waals surface area contributed by atoms with Crippen molar-refractivity contribution in [2.75, 3.05) is 43.1 Å². The maximum Gasteiger partial charge on any atom is 0.170 e. The van der Waals surface area contributed by atoms with E-state index in [1.54, 1.807) is 0 Å². The molecule has 136 valence electrons. The van der Waals surface area contributed by atoms with Crippen LogP contribution in [0, 0.1) is 0 Å². The van der Waals surface area contributed by atoms with Gasteiger partial charge in [0.25, 0.3) is 0 Å². The van der Waals surface area contributed by atoms with Gasteiger partial charge in [0.1, 0.15) is 13.2 Å². The van der Waals surface area contributed by atoms with Crippen molar-refractivity contribution in [3.8, 4) is 11.5 Å². The highest BCUT2D eigenvalue weighted by atomic mass is 32.1. The summed E-state index contributed by atoms with van der Waals surface area (Å²) >= 11 is 5.39. The van der Waals surface area contributed by atoms with E-state index in [0.29, 0.717) is 18.3 Å². The molecule has 0 amide bonds. The molecule has 0 spiro atoms. The highest BCUT2D eigenvalue weighted by Crippen LogP contribution is 2.32. The first kappa shape index (κ1) is 17.0. The SMILES string of the molecule is S=C(NCCCN1CCc2ccccc21)Nc1ccc2c(c1)OCCO2. The second kappa shape index (κ2) is 7.83. The molecule has 0 aliphatic carbocycles. The Bertz CT molecular complexity index is 796. The fourth-order valence-electron chi connectivity index (χ4n) is 3.41. The lowest BCUT2D eigenvalue weighted by Gasteiger charge is -2.20. The molecule has 2 aliphatic rings. The Morgan fingerprint density at radius 3 is 2.85 bits per heavy atom. The highest BCUT2D eigenvalue weighted by molar-refractivity contribution is 7.80. The molecule has 0 aromatic heterocycles. The Labute approximate surface area is 159 Å². The highest BCUT2D eigenvalue weighted by Gasteiger charge is 2.17. The summed E-state index contributed by atoms with van der Waals surface area (Å²) in [5.41, 5.74) is 3.74. The molecular weight excluding hydrogens is 346 g/mol. The van der Waals surface area contributed by atoms with Gasteiger partial charge in [0, 0.05) is 37.1 Å². The second-order valence-electron chi connectivity index (χ2n) is 6.46. The molecule has 26 heavy (non-hydrogen) atoms. The molecular formula is C20H23N3O2S. The predicted octanol–water partition coefficient (Wildman–Crippen LogP) is 3.20. The number of nitrogens with zero attached hydrogens (tertiary/aromatic N) is 1. The summed E-state index contributed by atoms with van der Waals surface area (Å²) in [6.07, 6.45) is 2.19. The Balaban J connectivity index is 1.21. The fraction of sp³-hybridized carbons (Fsp3) is 0.350. The van der Waals surface area contributed by atoms with Crippen LogP contribution < -0.4 is 25.0 Å². The van der Waals surface area contributed by atoms with Crippen LogP contribution in [0.1, 0.15) is 12.0 Å². The monoisotopic (exact) mass is 369 g/mol. The first-order chi connectivity index (χ1) is 12.8. The van der Waals surface area contributed by atoms with E-state index in [-0.39, 0.29) is 0 Å². The number of hydrogen-bond acceptors (Lipinski definition) is 4. The second-order valence-corrected chi connectivity index (χ2v) is 6.87. The van der Waals surface area contributed by atoms with Gasteiger partial charge in [-0.2, -0.15) is 0 Å². The smallest absolute Gasteiger partial charge is 0.170 e. The zero-order valence-corrected chi connectivity index (χ0v) is 15.5. The zero-order valence-electron chi connectivity index (χ0n) is 14.7. The summed E-state index contributed by atoms with van der Waals surface area (Å²) in [5.74, 6) is 1.54. The van der Waals surface area contributed by atoms with Gasteiger partial charge in [0.05, 0.1) is 0 Å². The van der Waals surface area contributed by atoms with E-state index in [2.05, 4.69) is 39.8 Å². The number of para-hydroxylation sites is 1. The third-order valence-electron chi connectivity index (χ3n) is 4.67. The molecule has 6 heteroatoms. The average Bonchev–Trinajstić information content (AvgIpc) is 3.08. The van der Waals surface area contributed by atoms with Crippen molar-refractivity contribution in [1.82, 2.24) is 5.32 Å². The molecule has 0 saturated heterocycles. The molecule has 0 atom stereocenters. The third kappa shape index (κ3) is 3.85. The number of anilines is 2. The van der Waals surface area contributed by atoms with Gasteiger partial charge < -0.3 is 25.0 Å². The third-order valence-corrected chi connectivity index (χ3v) is 4.92. The topological polar surface area (TPSA) is 45.8 Å². The van der Waals surface area contributed by atoms with E-state index in [0.717, 1.165) is 49.7 Å². The largest absolute Gasteiger partial charge is 0.486 e. The van der Waals surface area contributed by atoms with Crippen LogP contribution in [0.25, 0.3) is 0 Å². The lowest BCUT2D eigenvalue weighted by atomic mass is 10.2. The van der Waals surface area contributed by atoms with Gasteiger partial charge in [0.15, 0.2) is 16.6 Å². The van der Waals surface area contributed by atoms with E-state index in [1.807, 2.05) is 18.2 Å². The minimum Gasteiger partial charge on any atom is -0.486 e. The molecule has 2 aromatic rings. The van der Waals surface area contributed by atoms with Crippen molar-refractivity contribution in [2.24, 2.45) is 0 Å². The molecule has 0 fully saturated rings. The van der Waals surface area contributed by atoms with Crippen LogP contribution in [0.3, 0.4) is 0 Å². The summed E-state index contributed by atoms with van der Waals surface area (Å²) in [6.45, 7) is 4.17. The normalized spacial score (nSPS) is 14.7. The number of nitrogens with one attached hydrogen (secondary N) is 2. The molecule has 0 unspecified atom stereocenters. The van der Waals surface area contributed by atoms with E-state index < -0.39 is 0 Å². The van der Waals surface area contributed by atoms with Crippen LogP contribution in [-0.2, 0) is 6.42 Å². The molecule has 5 nitrogen and oxygen atoms in total. The minimum atomic E-state index is 0.582. The van der Waals surface area contributed by atoms with Crippen LogP contribution in [-0.4, -0.2) is 38.0 Å². The van der Waals surface area contributed by atoms with Crippen LogP contribution in [0.15, 0.2) is 42.5 Å². The summed E-state index contributed by atoms with van der Waals surface area (Å²) in [4.78, 5) is 2.45. The fourth-order valence-corrected chi connectivity index (χ4v) is 3.63. The van der Waals surface area contributed by atoms with E-state index in [1.165, 1.54) is 11.3 Å². The first-order valence-electron chi connectivity index (χ1n) is 9.07. The zero-order chi connectivity index (χ0) is 17.8. The number of rotatable bonds is 5. The summed E-state index contributed by atoms with van der Waals surface area (Å²) in [5, 5.41) is 7.12. The van der Waals surface area contributed by atoms with Crippen molar-refractivity contribution in [2.45, 2.75) is 12.8 Å². The number of hydrogen-bond donors (Lipinski definition) is 2. The van der Waals surface area contributed by atoms with Crippen LogP contribution >= 0.6 is 12.2 Å². The van der Waals surface area contributed by atoms with Gasteiger partial charge in [0.2, 0.25) is 0 Å². The van der Waals surface area contributed by atoms with Crippen LogP contribution in [0.2, 0.25) is 0 Å². The van der Waals surface area contributed by atoms with E-state index in [4.69, 9.17) is 21.7 Å². The summed E-state index contributed by atoms with van der Waals surface area (Å²) in [7, 11) is 0. The molecule has 2 heterocycles. The molecule has 0 saturated carbocycles. The lowest BCUT2D eigenvalue weighted by molar-refractivity contribution is 0.171. The van der Waals surface area contributed by atoms with Crippen LogP contribution in [0.5, 0.6) is 11.5 Å². The summed E-state index contributed by atoms with van der Waals surface area (Å²) in [6, 6.07) is 14.4. The van der Waals surface area contributed by atoms with Gasteiger partial charge in [-0.05, 0) is 48.8 Å². The Kier molecular flexibility index (Phi) is 5.11. The van der Waals surface area contributed by atoms with Crippen molar-refractivity contribution in [1.29, 1.82) is 0 Å². The Hall–Kier alpha value is -2.47. The Morgan fingerprint density at radius 2 is 1.92 bits per heavy atom. The number of fused-ring (bicyclic) bond motifs is 2. The van der Waals surface area contributed by atoms with Crippen molar-refractivity contribution >= 4 is 28.7 Å². The predicted molar refractivity (Wildman–Crippen MR) is 109 cm³/mol. The molecule has 2 aliphatic heterocycles. The average molecular weight is 369 g/mol. The van der Waals surface area contributed by atoms with Gasteiger partial charge in [-0.25, -0.2) is 0 Å². The molecule has 0 bridgehead atoms. The maximum absolute atomic E-state index is 5.60. The molecule has 0 radical (unpaired) electrons. The van der Waals surface area contributed by atoms with Crippen molar-refractivity contribution < 1.29 is 9.47 Å². The van der Waals surface area contributed by atoms with Gasteiger partial charge >= 0.3 is 0 Å². The number of thiocarbonyl (C=S) groups is 1. The number of benzene rings is 2. The van der Waals surface area contributed by atoms with Gasteiger partial charge in [-0.1, -0.05) is 18.2 Å². The van der Waals surface area contributed by atoms with Gasteiger partial charge in [-0.15, -0.1) is 0 Å². The Morgan fingerprint density at radius 1 is 1.08 bits per heavy atom. The lowest BCUT2D eigenvalue weighted by Crippen LogP contribution is -2.32. The standard InChI is InChI=1S/C20H23N3O2S/c26-20(22-16-6-7-18-19(14-16)25-13-12-24-18)21-9-3-10-23-11-8-15-4-1-2-5-17(15)23/h1-2,4-7,14H,3,8-13H2,(H2,21,22,26). The quantitative estimate of drug-likeness (QED) is 0.623. The molecule has 4 rings (SSSR count). The van der Waals surface area contributed by atoms with Gasteiger partial charge in [-0.3, -0.25) is 0 Å². The molecule has 2 N–H and O–H groups in total. The summed E-state index contributed by atoms with van der Waals surface area (Å²) < 4.78 is 11.1. The van der Waals surface area contributed by atoms with E-state index >= 15 is 0 Å². The maximum atomic E-state index is 5.60. The number of ether oxygens (including phenoxy) is 2. The van der Waals surface area contributed by atoms with Crippen LogP contribution in [0.4, 0.5) is 11.4 Å². The van der Waals surface area contributed by atoms with Crippen molar-refractivity contribution in [3.63, 3.8) is 0 Å². The first-order valence-corrected chi connectivity index (χ1v) is 9.48.